The number of hydrogen-bond acceptors (Lipinski definition) is 4. The number of benzene rings is 1. The van der Waals surface area contributed by atoms with E-state index in [1.165, 1.54) is 0 Å². The molecule has 4 N–H and O–H groups in total. The molecule has 4 heteroatoms. The molecule has 1 aromatic heterocycles. The Morgan fingerprint density at radius 3 is 1.31 bits per heavy atom. The molecule has 0 atom stereocenters. The fourth-order valence-corrected chi connectivity index (χ4v) is 1.74. The van der Waals surface area contributed by atoms with Crippen LogP contribution in [0.5, 0.6) is 0 Å². The molecule has 4 nitrogen and oxygen atoms in total. The molecule has 0 fully saturated rings. The fourth-order valence-electron chi connectivity index (χ4n) is 1.74. The SMILES string of the molecule is Cc1nc2c(N)c(C)c(C)c(N)c2nc1C. The predicted molar refractivity (Wildman–Crippen MR) is 67.3 cm³/mol. The van der Waals surface area contributed by atoms with Crippen molar-refractivity contribution >= 4 is 22.4 Å². The van der Waals surface area contributed by atoms with Gasteiger partial charge in [0.2, 0.25) is 0 Å². The Morgan fingerprint density at radius 1 is 0.688 bits per heavy atom. The second kappa shape index (κ2) is 3.33. The molecule has 0 radical (unpaired) electrons. The van der Waals surface area contributed by atoms with Crippen molar-refractivity contribution in [2.24, 2.45) is 0 Å². The zero-order valence-electron chi connectivity index (χ0n) is 10.0. The molecule has 0 spiro atoms. The molecule has 0 saturated heterocycles. The Hall–Kier alpha value is -1.84. The molecule has 2 aromatic rings. The summed E-state index contributed by atoms with van der Waals surface area (Å²) in [6, 6.07) is 0. The highest BCUT2D eigenvalue weighted by Gasteiger charge is 2.13. The van der Waals surface area contributed by atoms with E-state index in [0.29, 0.717) is 22.4 Å². The highest BCUT2D eigenvalue weighted by molar-refractivity contribution is 5.98. The number of anilines is 2. The van der Waals surface area contributed by atoms with Crippen LogP contribution >= 0.6 is 0 Å². The van der Waals surface area contributed by atoms with Crippen LogP contribution in [0.25, 0.3) is 11.0 Å². The highest BCUT2D eigenvalue weighted by atomic mass is 14.9. The van der Waals surface area contributed by atoms with Crippen molar-refractivity contribution in [2.75, 3.05) is 11.5 Å². The summed E-state index contributed by atoms with van der Waals surface area (Å²) in [5.74, 6) is 0. The Balaban J connectivity index is 3.02. The van der Waals surface area contributed by atoms with Crippen molar-refractivity contribution in [1.82, 2.24) is 9.97 Å². The molecule has 84 valence electrons. The van der Waals surface area contributed by atoms with Gasteiger partial charge in [0.15, 0.2) is 0 Å². The van der Waals surface area contributed by atoms with Gasteiger partial charge in [0.25, 0.3) is 0 Å². The molecule has 0 aliphatic heterocycles. The summed E-state index contributed by atoms with van der Waals surface area (Å²) in [6.45, 7) is 7.76. The third-order valence-corrected chi connectivity index (χ3v) is 3.19. The van der Waals surface area contributed by atoms with E-state index in [0.717, 1.165) is 22.5 Å². The topological polar surface area (TPSA) is 77.8 Å². The average molecular weight is 216 g/mol. The van der Waals surface area contributed by atoms with Crippen LogP contribution in [0.2, 0.25) is 0 Å². The minimum Gasteiger partial charge on any atom is -0.397 e. The molecule has 0 aliphatic carbocycles. The van der Waals surface area contributed by atoms with Gasteiger partial charge in [-0.2, -0.15) is 0 Å². The van der Waals surface area contributed by atoms with Crippen LogP contribution in [-0.2, 0) is 0 Å². The van der Waals surface area contributed by atoms with Crippen LogP contribution in [0.3, 0.4) is 0 Å². The maximum atomic E-state index is 6.05. The van der Waals surface area contributed by atoms with Crippen molar-refractivity contribution in [3.05, 3.63) is 22.5 Å². The lowest BCUT2D eigenvalue weighted by molar-refractivity contribution is 1.10. The highest BCUT2D eigenvalue weighted by Crippen LogP contribution is 2.31. The molecule has 0 aliphatic rings. The first-order valence-electron chi connectivity index (χ1n) is 5.22. The van der Waals surface area contributed by atoms with Crippen LogP contribution in [-0.4, -0.2) is 9.97 Å². The van der Waals surface area contributed by atoms with Crippen molar-refractivity contribution in [1.29, 1.82) is 0 Å². The Morgan fingerprint density at radius 2 is 1.00 bits per heavy atom. The minimum atomic E-state index is 0.678. The quantitative estimate of drug-likeness (QED) is 0.660. The van der Waals surface area contributed by atoms with Gasteiger partial charge in [0.1, 0.15) is 11.0 Å². The maximum absolute atomic E-state index is 6.05. The van der Waals surface area contributed by atoms with E-state index in [1.54, 1.807) is 0 Å². The second-order valence-electron chi connectivity index (χ2n) is 4.17. The van der Waals surface area contributed by atoms with E-state index >= 15 is 0 Å². The lowest BCUT2D eigenvalue weighted by Gasteiger charge is -2.13. The zero-order chi connectivity index (χ0) is 12.0. The maximum Gasteiger partial charge on any atom is 0.114 e. The zero-order valence-corrected chi connectivity index (χ0v) is 10.0. The Kier molecular flexibility index (Phi) is 2.22. The summed E-state index contributed by atoms with van der Waals surface area (Å²) in [4.78, 5) is 8.94. The van der Waals surface area contributed by atoms with Gasteiger partial charge in [-0.05, 0) is 38.8 Å². The Bertz CT molecular complexity index is 535. The van der Waals surface area contributed by atoms with Crippen molar-refractivity contribution in [3.8, 4) is 0 Å². The summed E-state index contributed by atoms with van der Waals surface area (Å²) in [5, 5.41) is 0. The Labute approximate surface area is 94.7 Å². The number of rotatable bonds is 0. The van der Waals surface area contributed by atoms with Gasteiger partial charge < -0.3 is 11.5 Å². The number of hydrogen-bond donors (Lipinski definition) is 2. The largest absolute Gasteiger partial charge is 0.397 e. The van der Waals surface area contributed by atoms with Gasteiger partial charge >= 0.3 is 0 Å². The van der Waals surface area contributed by atoms with Crippen molar-refractivity contribution in [3.63, 3.8) is 0 Å². The molecule has 0 amide bonds. The molecular formula is C12H16N4. The normalized spacial score (nSPS) is 11.0. The van der Waals surface area contributed by atoms with Gasteiger partial charge in [-0.3, -0.25) is 0 Å². The van der Waals surface area contributed by atoms with E-state index in [1.807, 2.05) is 27.7 Å². The summed E-state index contributed by atoms with van der Waals surface area (Å²) in [6.07, 6.45) is 0. The van der Waals surface area contributed by atoms with Crippen LogP contribution in [0.1, 0.15) is 22.5 Å². The second-order valence-corrected chi connectivity index (χ2v) is 4.17. The average Bonchev–Trinajstić information content (AvgIpc) is 2.26. The van der Waals surface area contributed by atoms with Gasteiger partial charge in [-0.1, -0.05) is 0 Å². The van der Waals surface area contributed by atoms with Crippen LogP contribution < -0.4 is 11.5 Å². The van der Waals surface area contributed by atoms with Crippen molar-refractivity contribution in [2.45, 2.75) is 27.7 Å². The van der Waals surface area contributed by atoms with Crippen molar-refractivity contribution < 1.29 is 0 Å². The number of fused-ring (bicyclic) bond motifs is 1. The van der Waals surface area contributed by atoms with Gasteiger partial charge in [-0.25, -0.2) is 9.97 Å². The molecule has 1 aromatic carbocycles. The summed E-state index contributed by atoms with van der Waals surface area (Å²) >= 11 is 0. The molecule has 1 heterocycles. The van der Waals surface area contributed by atoms with Gasteiger partial charge in [-0.15, -0.1) is 0 Å². The first-order valence-corrected chi connectivity index (χ1v) is 5.22. The van der Waals surface area contributed by atoms with Crippen LogP contribution in [0, 0.1) is 27.7 Å². The van der Waals surface area contributed by atoms with E-state index in [2.05, 4.69) is 9.97 Å². The van der Waals surface area contributed by atoms with E-state index < -0.39 is 0 Å². The monoisotopic (exact) mass is 216 g/mol. The minimum absolute atomic E-state index is 0.678. The van der Waals surface area contributed by atoms with Crippen LogP contribution in [0.4, 0.5) is 11.4 Å². The summed E-state index contributed by atoms with van der Waals surface area (Å²) in [5.41, 5.74) is 18.6. The molecular weight excluding hydrogens is 200 g/mol. The number of nitrogens with zero attached hydrogens (tertiary/aromatic N) is 2. The fraction of sp³-hybridized carbons (Fsp3) is 0.333. The van der Waals surface area contributed by atoms with Gasteiger partial charge in [0.05, 0.1) is 22.8 Å². The molecule has 2 rings (SSSR count). The third-order valence-electron chi connectivity index (χ3n) is 3.19. The van der Waals surface area contributed by atoms with Crippen LogP contribution in [0.15, 0.2) is 0 Å². The smallest absolute Gasteiger partial charge is 0.114 e. The molecule has 0 unspecified atom stereocenters. The number of aromatic nitrogens is 2. The lowest BCUT2D eigenvalue weighted by Crippen LogP contribution is -2.05. The summed E-state index contributed by atoms with van der Waals surface area (Å²) in [7, 11) is 0. The number of aryl methyl sites for hydroxylation is 2. The number of nitrogens with two attached hydrogens (primary N) is 2. The first-order chi connectivity index (χ1) is 7.43. The standard InChI is InChI=1S/C12H16N4/c1-5-6(2)10(14)12-11(9(5)13)15-7(3)8(4)16-12/h13-14H2,1-4H3. The number of nitrogen functional groups attached to an aromatic ring is 2. The van der Waals surface area contributed by atoms with E-state index in [-0.39, 0.29) is 0 Å². The molecule has 0 saturated carbocycles. The predicted octanol–water partition coefficient (Wildman–Crippen LogP) is 2.03. The third kappa shape index (κ3) is 1.30. The van der Waals surface area contributed by atoms with E-state index in [4.69, 9.17) is 11.5 Å². The summed E-state index contributed by atoms with van der Waals surface area (Å²) < 4.78 is 0. The van der Waals surface area contributed by atoms with Gasteiger partial charge in [0, 0.05) is 0 Å². The van der Waals surface area contributed by atoms with E-state index in [9.17, 15) is 0 Å². The first kappa shape index (κ1) is 10.7. The molecule has 16 heavy (non-hydrogen) atoms. The lowest BCUT2D eigenvalue weighted by atomic mass is 10.0. The molecule has 0 bridgehead atoms.